The number of carbonyl (C=O) groups is 1. The van der Waals surface area contributed by atoms with Gasteiger partial charge in [-0.3, -0.25) is 0 Å². The Hall–Kier alpha value is -1.47. The zero-order valence-electron chi connectivity index (χ0n) is 12.0. The fourth-order valence-electron chi connectivity index (χ4n) is 1.61. The van der Waals surface area contributed by atoms with E-state index in [4.69, 9.17) is 24.9 Å². The van der Waals surface area contributed by atoms with Crippen LogP contribution in [0.1, 0.15) is 30.1 Å². The predicted molar refractivity (Wildman–Crippen MR) is 77.8 cm³/mol. The van der Waals surface area contributed by atoms with Crippen LogP contribution in [0, 0.1) is 0 Å². The smallest absolute Gasteiger partial charge is 0.341 e. The molecule has 0 saturated carbocycles. The molecule has 6 nitrogen and oxygen atoms in total. The molecule has 0 amide bonds. The van der Waals surface area contributed by atoms with E-state index in [-0.39, 0.29) is 28.6 Å². The van der Waals surface area contributed by atoms with Gasteiger partial charge in [-0.1, -0.05) is 13.3 Å². The number of benzene rings is 1. The molecule has 0 fully saturated rings. The molecule has 0 radical (unpaired) electrons. The lowest BCUT2D eigenvalue weighted by Crippen LogP contribution is -2.10. The normalized spacial score (nSPS) is 11.0. The van der Waals surface area contributed by atoms with E-state index < -0.39 is 15.0 Å². The number of rotatable bonds is 7. The first-order valence-electron chi connectivity index (χ1n) is 6.23. The average molecular weight is 337 g/mol. The third kappa shape index (κ3) is 4.50. The molecule has 0 aliphatic rings. The zero-order chi connectivity index (χ0) is 16.0. The highest BCUT2D eigenvalue weighted by atomic mass is 35.7. The van der Waals surface area contributed by atoms with Crippen molar-refractivity contribution in [2.45, 2.75) is 24.7 Å². The van der Waals surface area contributed by atoms with Gasteiger partial charge < -0.3 is 14.2 Å². The first kappa shape index (κ1) is 17.6. The van der Waals surface area contributed by atoms with Gasteiger partial charge in [0.25, 0.3) is 9.05 Å². The van der Waals surface area contributed by atoms with Gasteiger partial charge >= 0.3 is 5.97 Å². The summed E-state index contributed by atoms with van der Waals surface area (Å²) < 4.78 is 38.2. The number of unbranched alkanes of at least 4 members (excludes halogenated alkanes) is 1. The van der Waals surface area contributed by atoms with Gasteiger partial charge in [0.05, 0.1) is 20.8 Å². The van der Waals surface area contributed by atoms with Crippen LogP contribution >= 0.6 is 10.7 Å². The minimum Gasteiger partial charge on any atom is -0.496 e. The van der Waals surface area contributed by atoms with Crippen molar-refractivity contribution in [1.29, 1.82) is 0 Å². The van der Waals surface area contributed by atoms with Crippen molar-refractivity contribution in [3.63, 3.8) is 0 Å². The molecular weight excluding hydrogens is 320 g/mol. The van der Waals surface area contributed by atoms with Crippen molar-refractivity contribution < 1.29 is 27.4 Å². The maximum atomic E-state index is 12.0. The molecule has 0 bridgehead atoms. The van der Waals surface area contributed by atoms with Crippen LogP contribution in [0.2, 0.25) is 0 Å². The van der Waals surface area contributed by atoms with E-state index in [1.807, 2.05) is 6.92 Å². The molecule has 0 atom stereocenters. The highest BCUT2D eigenvalue weighted by molar-refractivity contribution is 8.13. The monoisotopic (exact) mass is 336 g/mol. The molecular formula is C13H17ClO6S. The molecule has 1 aromatic rings. The van der Waals surface area contributed by atoms with Crippen LogP contribution < -0.4 is 9.47 Å². The van der Waals surface area contributed by atoms with Gasteiger partial charge in [0.1, 0.15) is 22.0 Å². The van der Waals surface area contributed by atoms with E-state index in [0.717, 1.165) is 12.5 Å². The number of methoxy groups -OCH3 is 2. The molecule has 0 aliphatic heterocycles. The fraction of sp³-hybridized carbons (Fsp3) is 0.462. The molecule has 118 valence electrons. The summed E-state index contributed by atoms with van der Waals surface area (Å²) in [5.74, 6) is -0.533. The maximum Gasteiger partial charge on any atom is 0.341 e. The van der Waals surface area contributed by atoms with Gasteiger partial charge in [0, 0.05) is 16.7 Å². The molecule has 21 heavy (non-hydrogen) atoms. The Kier molecular flexibility index (Phi) is 6.29. The highest BCUT2D eigenvalue weighted by Gasteiger charge is 2.24. The Labute approximate surface area is 128 Å². The number of hydrogen-bond acceptors (Lipinski definition) is 6. The van der Waals surface area contributed by atoms with Gasteiger partial charge in [0.15, 0.2) is 0 Å². The van der Waals surface area contributed by atoms with Crippen LogP contribution in [0.25, 0.3) is 0 Å². The van der Waals surface area contributed by atoms with Crippen molar-refractivity contribution in [1.82, 2.24) is 0 Å². The maximum absolute atomic E-state index is 12.0. The van der Waals surface area contributed by atoms with E-state index in [0.29, 0.717) is 6.42 Å². The number of ether oxygens (including phenoxy) is 3. The van der Waals surface area contributed by atoms with Gasteiger partial charge in [-0.2, -0.15) is 0 Å². The molecule has 0 aliphatic carbocycles. The van der Waals surface area contributed by atoms with Crippen LogP contribution in [0.3, 0.4) is 0 Å². The summed E-state index contributed by atoms with van der Waals surface area (Å²) in [6.45, 7) is 2.20. The molecule has 0 spiro atoms. The van der Waals surface area contributed by atoms with E-state index in [9.17, 15) is 13.2 Å². The van der Waals surface area contributed by atoms with E-state index in [2.05, 4.69) is 0 Å². The Balaban J connectivity index is 3.27. The second kappa shape index (κ2) is 7.51. The standard InChI is InChI=1S/C13H17ClO6S/c1-4-5-6-20-13(15)9-7-12(21(14,16)17)11(19-3)8-10(9)18-2/h7-8H,4-6H2,1-3H3. The summed E-state index contributed by atoms with van der Waals surface area (Å²) in [6, 6.07) is 2.37. The van der Waals surface area contributed by atoms with Gasteiger partial charge in [-0.05, 0) is 12.5 Å². The number of carbonyl (C=O) groups excluding carboxylic acids is 1. The molecule has 0 N–H and O–H groups in total. The van der Waals surface area contributed by atoms with Crippen LogP contribution in [0.15, 0.2) is 17.0 Å². The van der Waals surface area contributed by atoms with Crippen molar-refractivity contribution in [3.05, 3.63) is 17.7 Å². The molecule has 1 aromatic carbocycles. The summed E-state index contributed by atoms with van der Waals surface area (Å²) in [7, 11) is 3.92. The second-order valence-electron chi connectivity index (χ2n) is 4.13. The number of esters is 1. The van der Waals surface area contributed by atoms with Gasteiger partial charge in [-0.25, -0.2) is 13.2 Å². The van der Waals surface area contributed by atoms with Crippen molar-refractivity contribution in [3.8, 4) is 11.5 Å². The van der Waals surface area contributed by atoms with E-state index >= 15 is 0 Å². The van der Waals surface area contributed by atoms with Crippen molar-refractivity contribution in [2.75, 3.05) is 20.8 Å². The lowest BCUT2D eigenvalue weighted by Gasteiger charge is -2.13. The summed E-state index contributed by atoms with van der Waals surface area (Å²) in [4.78, 5) is 11.7. The lowest BCUT2D eigenvalue weighted by atomic mass is 10.2. The first-order valence-corrected chi connectivity index (χ1v) is 8.53. The van der Waals surface area contributed by atoms with Crippen molar-refractivity contribution >= 4 is 25.7 Å². The van der Waals surface area contributed by atoms with Crippen molar-refractivity contribution in [2.24, 2.45) is 0 Å². The Bertz CT molecular complexity index is 611. The Morgan fingerprint density at radius 3 is 2.29 bits per heavy atom. The summed E-state index contributed by atoms with van der Waals surface area (Å²) in [5.41, 5.74) is -0.0198. The first-order chi connectivity index (χ1) is 9.85. The number of hydrogen-bond donors (Lipinski definition) is 0. The minimum atomic E-state index is -4.07. The SMILES string of the molecule is CCCCOC(=O)c1cc(S(=O)(=O)Cl)c(OC)cc1OC. The highest BCUT2D eigenvalue weighted by Crippen LogP contribution is 2.34. The molecule has 0 saturated heterocycles. The van der Waals surface area contributed by atoms with E-state index in [1.54, 1.807) is 0 Å². The van der Waals surface area contributed by atoms with Crippen LogP contribution in [0.5, 0.6) is 11.5 Å². The molecule has 1 rings (SSSR count). The second-order valence-corrected chi connectivity index (χ2v) is 6.67. The Morgan fingerprint density at radius 2 is 1.81 bits per heavy atom. The lowest BCUT2D eigenvalue weighted by molar-refractivity contribution is 0.0495. The molecule has 0 unspecified atom stereocenters. The van der Waals surface area contributed by atoms with Crippen LogP contribution in [-0.4, -0.2) is 35.2 Å². The minimum absolute atomic E-state index is 0.00745. The number of halogens is 1. The summed E-state index contributed by atoms with van der Waals surface area (Å²) in [5, 5.41) is 0. The average Bonchev–Trinajstić information content (AvgIpc) is 2.44. The fourth-order valence-corrected chi connectivity index (χ4v) is 2.61. The molecule has 0 aromatic heterocycles. The molecule has 0 heterocycles. The molecule has 8 heteroatoms. The third-order valence-corrected chi connectivity index (χ3v) is 4.04. The van der Waals surface area contributed by atoms with Crippen LogP contribution in [-0.2, 0) is 13.8 Å². The van der Waals surface area contributed by atoms with Gasteiger partial charge in [0.2, 0.25) is 0 Å². The quantitative estimate of drug-likeness (QED) is 0.432. The summed E-state index contributed by atoms with van der Waals surface area (Å²) in [6.07, 6.45) is 1.58. The predicted octanol–water partition coefficient (Wildman–Crippen LogP) is 2.59. The third-order valence-electron chi connectivity index (χ3n) is 2.70. The topological polar surface area (TPSA) is 78.9 Å². The summed E-state index contributed by atoms with van der Waals surface area (Å²) >= 11 is 0. The van der Waals surface area contributed by atoms with Gasteiger partial charge in [-0.15, -0.1) is 0 Å². The largest absolute Gasteiger partial charge is 0.496 e. The van der Waals surface area contributed by atoms with E-state index in [1.165, 1.54) is 20.3 Å². The zero-order valence-corrected chi connectivity index (χ0v) is 13.6. The van der Waals surface area contributed by atoms with Crippen LogP contribution in [0.4, 0.5) is 0 Å². The Morgan fingerprint density at radius 1 is 1.19 bits per heavy atom.